The number of rotatable bonds is 4. The molecule has 76 valence electrons. The van der Waals surface area contributed by atoms with Gasteiger partial charge in [-0.05, 0) is 30.1 Å². The molecule has 0 spiro atoms. The van der Waals surface area contributed by atoms with Gasteiger partial charge in [0.1, 0.15) is 0 Å². The Bertz CT molecular complexity index is 315. The summed E-state index contributed by atoms with van der Waals surface area (Å²) in [5.41, 5.74) is 2.43. The minimum absolute atomic E-state index is 0.900. The highest BCUT2D eigenvalue weighted by Gasteiger charge is 2.19. The van der Waals surface area contributed by atoms with Crippen LogP contribution in [-0.2, 0) is 6.42 Å². The summed E-state index contributed by atoms with van der Waals surface area (Å²) in [7, 11) is 0. The number of halogens is 2. The Hall–Kier alpha value is -0.243. The van der Waals surface area contributed by atoms with Crippen LogP contribution in [0.5, 0.6) is 0 Å². The van der Waals surface area contributed by atoms with Gasteiger partial charge in [0.15, 0.2) is 0 Å². The molecule has 0 nitrogen and oxygen atoms in total. The molecule has 1 aromatic carbocycles. The highest BCUT2D eigenvalue weighted by atomic mass is 35.7. The number of aryl methyl sites for hydroxylation is 1. The molecule has 0 saturated carbocycles. The Kier molecular flexibility index (Phi) is 4.23. The van der Waals surface area contributed by atoms with Gasteiger partial charge in [-0.15, -0.1) is 22.2 Å². The first-order chi connectivity index (χ1) is 6.51. The molecule has 0 N–H and O–H groups in total. The lowest BCUT2D eigenvalue weighted by atomic mass is 10.1. The van der Waals surface area contributed by atoms with Crippen LogP contribution >= 0.6 is 22.2 Å². The average molecular weight is 245 g/mol. The number of hydrogen-bond donors (Lipinski definition) is 0. The zero-order valence-electron chi connectivity index (χ0n) is 8.26. The van der Waals surface area contributed by atoms with Crippen molar-refractivity contribution in [2.75, 3.05) is 0 Å². The minimum atomic E-state index is -1.95. The van der Waals surface area contributed by atoms with E-state index in [0.717, 1.165) is 18.0 Å². The lowest BCUT2D eigenvalue weighted by Crippen LogP contribution is -2.13. The standard InChI is InChI=1S/C11H14Cl2Si/c1-3-10-5-4-6-11(9-10)7-8-14(2,12)13/h3-6,9H,1,7-8H2,2H3. The molecule has 0 aromatic heterocycles. The highest BCUT2D eigenvalue weighted by molar-refractivity contribution is 7.44. The summed E-state index contributed by atoms with van der Waals surface area (Å²) in [6.07, 6.45) is 2.80. The van der Waals surface area contributed by atoms with Gasteiger partial charge in [-0.1, -0.05) is 36.9 Å². The van der Waals surface area contributed by atoms with Crippen molar-refractivity contribution in [1.29, 1.82) is 0 Å². The molecule has 0 amide bonds. The summed E-state index contributed by atoms with van der Waals surface area (Å²) < 4.78 is 0. The summed E-state index contributed by atoms with van der Waals surface area (Å²) in [5.74, 6) is 0. The third-order valence-electron chi connectivity index (χ3n) is 2.04. The van der Waals surface area contributed by atoms with E-state index in [2.05, 4.69) is 18.7 Å². The smallest absolute Gasteiger partial charge is 0.146 e. The minimum Gasteiger partial charge on any atom is -0.146 e. The molecular weight excluding hydrogens is 231 g/mol. The number of hydrogen-bond acceptors (Lipinski definition) is 0. The van der Waals surface area contributed by atoms with Gasteiger partial charge in [-0.3, -0.25) is 0 Å². The van der Waals surface area contributed by atoms with Crippen molar-refractivity contribution in [2.24, 2.45) is 0 Å². The first kappa shape index (κ1) is 11.8. The Labute approximate surface area is 96.0 Å². The maximum atomic E-state index is 6.04. The van der Waals surface area contributed by atoms with E-state index in [1.54, 1.807) is 0 Å². The summed E-state index contributed by atoms with van der Waals surface area (Å²) in [6.45, 7) is 3.74. The van der Waals surface area contributed by atoms with Crippen LogP contribution in [-0.4, -0.2) is 6.69 Å². The molecule has 0 aliphatic carbocycles. The highest BCUT2D eigenvalue weighted by Crippen LogP contribution is 2.22. The monoisotopic (exact) mass is 244 g/mol. The van der Waals surface area contributed by atoms with Gasteiger partial charge in [0, 0.05) is 0 Å². The van der Waals surface area contributed by atoms with Crippen molar-refractivity contribution in [2.45, 2.75) is 19.0 Å². The van der Waals surface area contributed by atoms with Crippen LogP contribution in [0, 0.1) is 0 Å². The molecule has 3 heteroatoms. The van der Waals surface area contributed by atoms with Crippen molar-refractivity contribution < 1.29 is 0 Å². The van der Waals surface area contributed by atoms with E-state index >= 15 is 0 Å². The Morgan fingerprint density at radius 2 is 2.14 bits per heavy atom. The second-order valence-corrected chi connectivity index (χ2v) is 11.7. The van der Waals surface area contributed by atoms with E-state index in [9.17, 15) is 0 Å². The van der Waals surface area contributed by atoms with Gasteiger partial charge in [0.05, 0.1) is 0 Å². The largest absolute Gasteiger partial charge is 0.248 e. The first-order valence-corrected chi connectivity index (χ1v) is 9.33. The van der Waals surface area contributed by atoms with Crippen LogP contribution in [0.25, 0.3) is 6.08 Å². The molecule has 0 aliphatic rings. The Balaban J connectivity index is 2.63. The van der Waals surface area contributed by atoms with Crippen LogP contribution in [0.2, 0.25) is 12.6 Å². The fraction of sp³-hybridized carbons (Fsp3) is 0.273. The molecule has 0 fully saturated rings. The van der Waals surface area contributed by atoms with E-state index in [4.69, 9.17) is 22.2 Å². The fourth-order valence-corrected chi connectivity index (χ4v) is 2.53. The molecule has 0 heterocycles. The van der Waals surface area contributed by atoms with Gasteiger partial charge >= 0.3 is 0 Å². The zero-order valence-corrected chi connectivity index (χ0v) is 10.8. The van der Waals surface area contributed by atoms with Gasteiger partial charge in [0.25, 0.3) is 0 Å². The summed E-state index contributed by atoms with van der Waals surface area (Å²) in [4.78, 5) is 0. The maximum Gasteiger partial charge on any atom is 0.248 e. The lowest BCUT2D eigenvalue weighted by molar-refractivity contribution is 1.12. The molecular formula is C11H14Cl2Si. The van der Waals surface area contributed by atoms with E-state index in [-0.39, 0.29) is 0 Å². The molecule has 0 atom stereocenters. The quantitative estimate of drug-likeness (QED) is 0.544. The summed E-state index contributed by atoms with van der Waals surface area (Å²) in [5, 5.41) is 0. The van der Waals surface area contributed by atoms with Crippen molar-refractivity contribution in [3.8, 4) is 0 Å². The normalized spacial score (nSPS) is 11.4. The molecule has 1 rings (SSSR count). The van der Waals surface area contributed by atoms with Gasteiger partial charge < -0.3 is 0 Å². The van der Waals surface area contributed by atoms with Crippen molar-refractivity contribution in [3.63, 3.8) is 0 Å². The zero-order chi connectivity index (χ0) is 10.6. The van der Waals surface area contributed by atoms with Gasteiger partial charge in [-0.25, -0.2) is 0 Å². The maximum absolute atomic E-state index is 6.04. The van der Waals surface area contributed by atoms with Gasteiger partial charge in [-0.2, -0.15) is 0 Å². The van der Waals surface area contributed by atoms with Crippen LogP contribution in [0.1, 0.15) is 11.1 Å². The number of benzene rings is 1. The Morgan fingerprint density at radius 1 is 1.43 bits per heavy atom. The predicted octanol–water partition coefficient (Wildman–Crippen LogP) is 4.42. The van der Waals surface area contributed by atoms with E-state index in [1.807, 2.05) is 24.8 Å². The molecule has 0 radical (unpaired) electrons. The third-order valence-corrected chi connectivity index (χ3v) is 4.30. The van der Waals surface area contributed by atoms with Gasteiger partial charge in [0.2, 0.25) is 6.69 Å². The lowest BCUT2D eigenvalue weighted by Gasteiger charge is -2.09. The molecule has 1 aromatic rings. The molecule has 0 unspecified atom stereocenters. The SMILES string of the molecule is C=Cc1cccc(CC[Si](C)(Cl)Cl)c1. The van der Waals surface area contributed by atoms with E-state index in [1.165, 1.54) is 5.56 Å². The molecule has 0 saturated heterocycles. The van der Waals surface area contributed by atoms with E-state index in [0.29, 0.717) is 0 Å². The fourth-order valence-electron chi connectivity index (χ4n) is 1.24. The predicted molar refractivity (Wildman–Crippen MR) is 68.4 cm³/mol. The van der Waals surface area contributed by atoms with Crippen molar-refractivity contribution in [3.05, 3.63) is 42.0 Å². The summed E-state index contributed by atoms with van der Waals surface area (Å²) in [6, 6.07) is 9.20. The van der Waals surface area contributed by atoms with Crippen molar-refractivity contribution in [1.82, 2.24) is 0 Å². The van der Waals surface area contributed by atoms with Crippen LogP contribution in [0.3, 0.4) is 0 Å². The average Bonchev–Trinajstić information content (AvgIpc) is 2.14. The van der Waals surface area contributed by atoms with Crippen LogP contribution in [0.15, 0.2) is 30.8 Å². The molecule has 0 bridgehead atoms. The summed E-state index contributed by atoms with van der Waals surface area (Å²) >= 11 is 12.1. The Morgan fingerprint density at radius 3 is 2.71 bits per heavy atom. The van der Waals surface area contributed by atoms with E-state index < -0.39 is 6.69 Å². The van der Waals surface area contributed by atoms with Crippen molar-refractivity contribution >= 4 is 34.9 Å². The second kappa shape index (κ2) is 5.01. The van der Waals surface area contributed by atoms with Crippen LogP contribution < -0.4 is 0 Å². The topological polar surface area (TPSA) is 0 Å². The second-order valence-electron chi connectivity index (χ2n) is 3.52. The van der Waals surface area contributed by atoms with Crippen LogP contribution in [0.4, 0.5) is 0 Å². The molecule has 14 heavy (non-hydrogen) atoms. The third kappa shape index (κ3) is 4.31. The molecule has 0 aliphatic heterocycles. The first-order valence-electron chi connectivity index (χ1n) is 4.60.